The van der Waals surface area contributed by atoms with Crippen LogP contribution in [0.1, 0.15) is 39.0 Å². The molecule has 1 rings (SSSR count). The number of nitrogens with two attached hydrogens (primary N) is 1. The highest BCUT2D eigenvalue weighted by atomic mass is 16.3. The van der Waals surface area contributed by atoms with Crippen LogP contribution < -0.4 is 5.73 Å². The third kappa shape index (κ3) is 2.92. The molecule has 15 heavy (non-hydrogen) atoms. The minimum atomic E-state index is -0.648. The van der Waals surface area contributed by atoms with Gasteiger partial charge >= 0.3 is 0 Å². The van der Waals surface area contributed by atoms with Crippen molar-refractivity contribution in [2.45, 2.75) is 44.6 Å². The van der Waals surface area contributed by atoms with E-state index in [9.17, 15) is 4.79 Å². The molecule has 3 N–H and O–H groups in total. The summed E-state index contributed by atoms with van der Waals surface area (Å²) in [4.78, 5) is 13.8. The highest BCUT2D eigenvalue weighted by Crippen LogP contribution is 2.28. The zero-order valence-electron chi connectivity index (χ0n) is 9.54. The molecule has 1 saturated carbocycles. The predicted octanol–water partition coefficient (Wildman–Crippen LogP) is 0.489. The van der Waals surface area contributed by atoms with Crippen LogP contribution in [0, 0.1) is 0 Å². The minimum Gasteiger partial charge on any atom is -0.395 e. The molecule has 0 aliphatic heterocycles. The maximum atomic E-state index is 12.1. The van der Waals surface area contributed by atoms with E-state index in [0.29, 0.717) is 13.1 Å². The van der Waals surface area contributed by atoms with E-state index in [1.54, 1.807) is 4.90 Å². The Hall–Kier alpha value is -0.610. The zero-order chi connectivity index (χ0) is 11.3. The van der Waals surface area contributed by atoms with Gasteiger partial charge in [-0.25, -0.2) is 0 Å². The molecule has 1 amide bonds. The van der Waals surface area contributed by atoms with E-state index < -0.39 is 5.54 Å². The standard InChI is InChI=1S/C11H22N2O2/c1-2-7-13(8-9-14)10(15)11(12)5-3-4-6-11/h14H,2-9,12H2,1H3. The van der Waals surface area contributed by atoms with Gasteiger partial charge in [-0.15, -0.1) is 0 Å². The van der Waals surface area contributed by atoms with E-state index in [2.05, 4.69) is 0 Å². The lowest BCUT2D eigenvalue weighted by Gasteiger charge is -2.31. The van der Waals surface area contributed by atoms with Gasteiger partial charge in [0, 0.05) is 13.1 Å². The molecule has 1 aliphatic carbocycles. The molecular formula is C11H22N2O2. The van der Waals surface area contributed by atoms with Gasteiger partial charge in [0.15, 0.2) is 0 Å². The fraction of sp³-hybridized carbons (Fsp3) is 0.909. The van der Waals surface area contributed by atoms with Crippen molar-refractivity contribution < 1.29 is 9.90 Å². The van der Waals surface area contributed by atoms with Crippen molar-refractivity contribution in [3.8, 4) is 0 Å². The Morgan fingerprint density at radius 1 is 1.40 bits per heavy atom. The number of nitrogens with zero attached hydrogens (tertiary/aromatic N) is 1. The summed E-state index contributed by atoms with van der Waals surface area (Å²) in [5.41, 5.74) is 5.44. The van der Waals surface area contributed by atoms with Crippen molar-refractivity contribution >= 4 is 5.91 Å². The van der Waals surface area contributed by atoms with Gasteiger partial charge in [-0.1, -0.05) is 19.8 Å². The fourth-order valence-corrected chi connectivity index (χ4v) is 2.24. The summed E-state index contributed by atoms with van der Waals surface area (Å²) in [7, 11) is 0. The average Bonchev–Trinajstić information content (AvgIpc) is 2.65. The Kier molecular flexibility index (Phi) is 4.54. The summed E-state index contributed by atoms with van der Waals surface area (Å²) in [5, 5.41) is 8.90. The molecule has 0 saturated heterocycles. The lowest BCUT2D eigenvalue weighted by atomic mass is 9.97. The van der Waals surface area contributed by atoms with Gasteiger partial charge in [-0.3, -0.25) is 4.79 Å². The summed E-state index contributed by atoms with van der Waals surface area (Å²) in [6.45, 7) is 3.14. The van der Waals surface area contributed by atoms with Crippen LogP contribution in [0.3, 0.4) is 0 Å². The molecular weight excluding hydrogens is 192 g/mol. The topological polar surface area (TPSA) is 66.6 Å². The SMILES string of the molecule is CCCN(CCO)C(=O)C1(N)CCCC1. The van der Waals surface area contributed by atoms with Crippen LogP contribution in [-0.2, 0) is 4.79 Å². The maximum absolute atomic E-state index is 12.1. The molecule has 0 atom stereocenters. The number of amides is 1. The van der Waals surface area contributed by atoms with Crippen LogP contribution in [0.15, 0.2) is 0 Å². The van der Waals surface area contributed by atoms with E-state index in [1.165, 1.54) is 0 Å². The quantitative estimate of drug-likeness (QED) is 0.700. The van der Waals surface area contributed by atoms with Gasteiger partial charge in [0.25, 0.3) is 0 Å². The Morgan fingerprint density at radius 2 is 2.00 bits per heavy atom. The normalized spacial score (nSPS) is 19.1. The third-order valence-corrected chi connectivity index (χ3v) is 3.07. The second kappa shape index (κ2) is 5.47. The Balaban J connectivity index is 2.61. The molecule has 4 heteroatoms. The van der Waals surface area contributed by atoms with Crippen LogP contribution in [0.5, 0.6) is 0 Å². The van der Waals surface area contributed by atoms with Crippen molar-refractivity contribution in [3.63, 3.8) is 0 Å². The van der Waals surface area contributed by atoms with Crippen LogP contribution in [0.25, 0.3) is 0 Å². The summed E-state index contributed by atoms with van der Waals surface area (Å²) in [6, 6.07) is 0. The lowest BCUT2D eigenvalue weighted by molar-refractivity contribution is -0.137. The second-order valence-electron chi connectivity index (χ2n) is 4.38. The molecule has 0 aromatic rings. The smallest absolute Gasteiger partial charge is 0.242 e. The van der Waals surface area contributed by atoms with Crippen LogP contribution >= 0.6 is 0 Å². The fourth-order valence-electron chi connectivity index (χ4n) is 2.24. The third-order valence-electron chi connectivity index (χ3n) is 3.07. The number of carbonyl (C=O) groups excluding carboxylic acids is 1. The molecule has 4 nitrogen and oxygen atoms in total. The Bertz CT molecular complexity index is 207. The molecule has 0 radical (unpaired) electrons. The van der Waals surface area contributed by atoms with Crippen LogP contribution in [-0.4, -0.2) is 41.1 Å². The number of aliphatic hydroxyl groups excluding tert-OH is 1. The molecule has 0 unspecified atom stereocenters. The summed E-state index contributed by atoms with van der Waals surface area (Å²) >= 11 is 0. The maximum Gasteiger partial charge on any atom is 0.242 e. The minimum absolute atomic E-state index is 0.0157. The average molecular weight is 214 g/mol. The van der Waals surface area contributed by atoms with Crippen molar-refractivity contribution in [1.82, 2.24) is 4.90 Å². The first-order valence-corrected chi connectivity index (χ1v) is 5.83. The number of aliphatic hydroxyl groups is 1. The highest BCUT2D eigenvalue weighted by molar-refractivity contribution is 5.86. The number of hydrogen-bond donors (Lipinski definition) is 2. The van der Waals surface area contributed by atoms with Crippen LogP contribution in [0.4, 0.5) is 0 Å². The summed E-state index contributed by atoms with van der Waals surface area (Å²) in [5.74, 6) is 0.0240. The molecule has 1 fully saturated rings. The van der Waals surface area contributed by atoms with E-state index in [1.807, 2.05) is 6.92 Å². The van der Waals surface area contributed by atoms with E-state index >= 15 is 0 Å². The van der Waals surface area contributed by atoms with Gasteiger partial charge in [-0.05, 0) is 19.3 Å². The highest BCUT2D eigenvalue weighted by Gasteiger charge is 2.39. The Labute approximate surface area is 91.4 Å². The number of carbonyl (C=O) groups is 1. The van der Waals surface area contributed by atoms with Crippen molar-refractivity contribution in [1.29, 1.82) is 0 Å². The number of rotatable bonds is 5. The van der Waals surface area contributed by atoms with E-state index in [-0.39, 0.29) is 12.5 Å². The second-order valence-corrected chi connectivity index (χ2v) is 4.38. The molecule has 0 bridgehead atoms. The predicted molar refractivity (Wildman–Crippen MR) is 59.3 cm³/mol. The first-order chi connectivity index (χ1) is 7.14. The van der Waals surface area contributed by atoms with Gasteiger partial charge in [0.05, 0.1) is 12.1 Å². The van der Waals surface area contributed by atoms with E-state index in [0.717, 1.165) is 32.1 Å². The molecule has 88 valence electrons. The summed E-state index contributed by atoms with van der Waals surface area (Å²) < 4.78 is 0. The van der Waals surface area contributed by atoms with Gasteiger partial charge in [0.2, 0.25) is 5.91 Å². The van der Waals surface area contributed by atoms with Crippen LogP contribution in [0.2, 0.25) is 0 Å². The lowest BCUT2D eigenvalue weighted by Crippen LogP contribution is -2.54. The molecule has 0 spiro atoms. The van der Waals surface area contributed by atoms with Crippen molar-refractivity contribution in [2.24, 2.45) is 5.73 Å². The zero-order valence-corrected chi connectivity index (χ0v) is 9.54. The first-order valence-electron chi connectivity index (χ1n) is 5.83. The monoisotopic (exact) mass is 214 g/mol. The van der Waals surface area contributed by atoms with Crippen molar-refractivity contribution in [2.75, 3.05) is 19.7 Å². The van der Waals surface area contributed by atoms with E-state index in [4.69, 9.17) is 10.8 Å². The molecule has 0 aromatic heterocycles. The largest absolute Gasteiger partial charge is 0.395 e. The molecule has 1 aliphatic rings. The Morgan fingerprint density at radius 3 is 2.47 bits per heavy atom. The van der Waals surface area contributed by atoms with Gasteiger partial charge in [-0.2, -0.15) is 0 Å². The summed E-state index contributed by atoms with van der Waals surface area (Å²) in [6.07, 6.45) is 4.57. The number of hydrogen-bond acceptors (Lipinski definition) is 3. The van der Waals surface area contributed by atoms with Gasteiger partial charge < -0.3 is 15.7 Å². The molecule has 0 aromatic carbocycles. The molecule has 0 heterocycles. The first kappa shape index (κ1) is 12.5. The van der Waals surface area contributed by atoms with Crippen molar-refractivity contribution in [3.05, 3.63) is 0 Å². The van der Waals surface area contributed by atoms with Gasteiger partial charge in [0.1, 0.15) is 0 Å².